The molecule has 30 heavy (non-hydrogen) atoms. The van der Waals surface area contributed by atoms with Crippen molar-refractivity contribution in [2.24, 2.45) is 0 Å². The van der Waals surface area contributed by atoms with Gasteiger partial charge in [-0.3, -0.25) is 0 Å². The minimum Gasteiger partial charge on any atom is -0.306 e. The molecule has 0 saturated carbocycles. The maximum atomic E-state index is 13.9. The highest BCUT2D eigenvalue weighted by Gasteiger charge is 2.40. The largest absolute Gasteiger partial charge is 0.306 e. The molecule has 5 nitrogen and oxygen atoms in total. The van der Waals surface area contributed by atoms with Crippen molar-refractivity contribution < 1.29 is 8.42 Å². The van der Waals surface area contributed by atoms with Crippen LogP contribution >= 0.6 is 0 Å². The van der Waals surface area contributed by atoms with Crippen molar-refractivity contribution >= 4 is 21.9 Å². The summed E-state index contributed by atoms with van der Waals surface area (Å²) in [7, 11) is -3.87. The zero-order chi connectivity index (χ0) is 20.6. The molecule has 0 radical (unpaired) electrons. The Morgan fingerprint density at radius 1 is 0.767 bits per heavy atom. The molecule has 0 N–H and O–H groups in total. The van der Waals surface area contributed by atoms with E-state index in [1.54, 1.807) is 30.5 Å². The summed E-state index contributed by atoms with van der Waals surface area (Å²) in [6, 6.07) is 27.1. The Balaban J connectivity index is 1.80. The Hall–Kier alpha value is -3.64. The van der Waals surface area contributed by atoms with Gasteiger partial charge in [0, 0.05) is 24.2 Å². The highest BCUT2D eigenvalue weighted by atomic mass is 32.2. The molecule has 4 aromatic rings. The number of sulfonamides is 1. The Bertz CT molecular complexity index is 1300. The van der Waals surface area contributed by atoms with Crippen LogP contribution in [0.1, 0.15) is 23.0 Å². The van der Waals surface area contributed by atoms with Crippen LogP contribution in [0.2, 0.25) is 0 Å². The maximum absolute atomic E-state index is 13.9. The molecule has 1 aromatic heterocycles. The fourth-order valence-electron chi connectivity index (χ4n) is 3.78. The zero-order valence-corrected chi connectivity index (χ0v) is 16.9. The summed E-state index contributed by atoms with van der Waals surface area (Å²) in [5, 5.41) is 0. The Morgan fingerprint density at radius 3 is 2.03 bits per heavy atom. The average Bonchev–Trinajstić information content (AvgIpc) is 3.28. The third-order valence-electron chi connectivity index (χ3n) is 5.16. The van der Waals surface area contributed by atoms with Gasteiger partial charge in [-0.1, -0.05) is 78.9 Å². The van der Waals surface area contributed by atoms with Crippen LogP contribution < -0.4 is 0 Å². The molecule has 0 fully saturated rings. The fourth-order valence-corrected chi connectivity index (χ4v) is 5.42. The summed E-state index contributed by atoms with van der Waals surface area (Å²) >= 11 is 0. The van der Waals surface area contributed by atoms with Crippen LogP contribution in [0, 0.1) is 0 Å². The van der Waals surface area contributed by atoms with Crippen LogP contribution in [0.4, 0.5) is 0 Å². The Morgan fingerprint density at radius 2 is 1.37 bits per heavy atom. The number of fused-ring (bicyclic) bond motifs is 1. The molecule has 5 rings (SSSR count). The summed E-state index contributed by atoms with van der Waals surface area (Å²) in [5.41, 5.74) is 2.27. The summed E-state index contributed by atoms with van der Waals surface area (Å²) < 4.78 is 31.3. The first-order valence-corrected chi connectivity index (χ1v) is 11.0. The highest BCUT2D eigenvalue weighted by molar-refractivity contribution is 7.89. The average molecular weight is 414 g/mol. The summed E-state index contributed by atoms with van der Waals surface area (Å²) in [6.07, 6.45) is 5.38. The lowest BCUT2D eigenvalue weighted by atomic mass is 10.0. The maximum Gasteiger partial charge on any atom is 0.265 e. The molecule has 1 unspecified atom stereocenters. The molecule has 6 heteroatoms. The number of rotatable bonds is 4. The molecule has 2 heterocycles. The van der Waals surface area contributed by atoms with E-state index in [0.717, 1.165) is 11.1 Å². The second kappa shape index (κ2) is 7.31. The molecule has 3 aromatic carbocycles. The number of nitrogens with zero attached hydrogens (tertiary/aromatic N) is 3. The van der Waals surface area contributed by atoms with Gasteiger partial charge < -0.3 is 4.57 Å². The number of hydrogen-bond donors (Lipinski definition) is 0. The van der Waals surface area contributed by atoms with Crippen molar-refractivity contribution in [3.05, 3.63) is 120 Å². The van der Waals surface area contributed by atoms with Gasteiger partial charge in [0.1, 0.15) is 11.9 Å². The lowest BCUT2D eigenvalue weighted by Gasteiger charge is -2.37. The fraction of sp³-hybridized carbons (Fsp3) is 0.0417. The van der Waals surface area contributed by atoms with Crippen molar-refractivity contribution in [1.82, 2.24) is 13.9 Å². The second-order valence-electron chi connectivity index (χ2n) is 7.00. The van der Waals surface area contributed by atoms with Gasteiger partial charge in [0.25, 0.3) is 10.0 Å². The van der Waals surface area contributed by atoms with Crippen molar-refractivity contribution in [3.8, 4) is 0 Å². The van der Waals surface area contributed by atoms with E-state index in [2.05, 4.69) is 4.98 Å². The number of aromatic nitrogens is 2. The van der Waals surface area contributed by atoms with Crippen LogP contribution in [0.3, 0.4) is 0 Å². The van der Waals surface area contributed by atoms with Gasteiger partial charge in [-0.25, -0.2) is 17.7 Å². The first kappa shape index (κ1) is 18.4. The van der Waals surface area contributed by atoms with Gasteiger partial charge in [0.15, 0.2) is 0 Å². The van der Waals surface area contributed by atoms with E-state index in [0.29, 0.717) is 11.5 Å². The van der Waals surface area contributed by atoms with Gasteiger partial charge in [0.05, 0.1) is 10.6 Å². The van der Waals surface area contributed by atoms with Gasteiger partial charge >= 0.3 is 0 Å². The number of imidazole rings is 1. The first-order chi connectivity index (χ1) is 14.7. The van der Waals surface area contributed by atoms with E-state index in [1.165, 1.54) is 4.31 Å². The molecule has 1 aliphatic heterocycles. The molecule has 0 amide bonds. The topological polar surface area (TPSA) is 55.2 Å². The van der Waals surface area contributed by atoms with Crippen LogP contribution in [-0.4, -0.2) is 22.3 Å². The number of hydrogen-bond acceptors (Lipinski definition) is 3. The van der Waals surface area contributed by atoms with Crippen molar-refractivity contribution in [2.75, 3.05) is 0 Å². The van der Waals surface area contributed by atoms with Crippen molar-refractivity contribution in [2.45, 2.75) is 10.9 Å². The number of benzene rings is 3. The summed E-state index contributed by atoms with van der Waals surface area (Å²) in [5.74, 6) is 0.653. The van der Waals surface area contributed by atoms with Crippen LogP contribution in [-0.2, 0) is 10.0 Å². The molecule has 0 aliphatic carbocycles. The third-order valence-corrected chi connectivity index (χ3v) is 6.95. The van der Waals surface area contributed by atoms with E-state index in [-0.39, 0.29) is 4.90 Å². The van der Waals surface area contributed by atoms with E-state index >= 15 is 0 Å². The van der Waals surface area contributed by atoms with E-state index in [4.69, 9.17) is 0 Å². The van der Waals surface area contributed by atoms with Crippen molar-refractivity contribution in [3.63, 3.8) is 0 Å². The van der Waals surface area contributed by atoms with E-state index < -0.39 is 16.1 Å². The van der Waals surface area contributed by atoms with Gasteiger partial charge in [0.2, 0.25) is 0 Å². The predicted molar refractivity (Wildman–Crippen MR) is 117 cm³/mol. The monoisotopic (exact) mass is 413 g/mol. The molecule has 1 aliphatic rings. The first-order valence-electron chi connectivity index (χ1n) is 9.61. The minimum atomic E-state index is -3.87. The molecule has 0 saturated heterocycles. The quantitative estimate of drug-likeness (QED) is 0.490. The van der Waals surface area contributed by atoms with Crippen LogP contribution in [0.5, 0.6) is 0 Å². The normalized spacial score (nSPS) is 16.1. The molecular weight excluding hydrogens is 394 g/mol. The summed E-state index contributed by atoms with van der Waals surface area (Å²) in [4.78, 5) is 4.76. The second-order valence-corrected chi connectivity index (χ2v) is 8.82. The van der Waals surface area contributed by atoms with Crippen LogP contribution in [0.25, 0.3) is 11.9 Å². The Labute approximate surface area is 175 Å². The molecule has 1 atom stereocenters. The molecule has 148 valence electrons. The van der Waals surface area contributed by atoms with E-state index in [1.807, 2.05) is 83.7 Å². The van der Waals surface area contributed by atoms with E-state index in [9.17, 15) is 8.42 Å². The smallest absolute Gasteiger partial charge is 0.265 e. The molecule has 0 bridgehead atoms. The van der Waals surface area contributed by atoms with Crippen molar-refractivity contribution in [1.29, 1.82) is 0 Å². The van der Waals surface area contributed by atoms with Crippen LogP contribution in [0.15, 0.2) is 108 Å². The minimum absolute atomic E-state index is 0.243. The molecule has 0 spiro atoms. The lowest BCUT2D eigenvalue weighted by molar-refractivity contribution is 0.441. The third kappa shape index (κ3) is 3.02. The summed E-state index contributed by atoms with van der Waals surface area (Å²) in [6.45, 7) is 0. The predicted octanol–water partition coefficient (Wildman–Crippen LogP) is 4.63. The zero-order valence-electron chi connectivity index (χ0n) is 16.0. The molecular formula is C24H19N3O2S. The lowest BCUT2D eigenvalue weighted by Crippen LogP contribution is -2.38. The van der Waals surface area contributed by atoms with Gasteiger partial charge in [-0.05, 0) is 17.7 Å². The SMILES string of the molecule is O=S(=O)(c1ccccc1)N1C(c2ccccc2)=Cn2ccnc2C1c1ccccc1. The highest BCUT2D eigenvalue weighted by Crippen LogP contribution is 2.42. The van der Waals surface area contributed by atoms with Gasteiger partial charge in [-0.2, -0.15) is 0 Å². The Kier molecular flexibility index (Phi) is 4.48. The van der Waals surface area contributed by atoms with Gasteiger partial charge in [-0.15, -0.1) is 0 Å². The standard InChI is InChI=1S/C24H19N3O2S/c28-30(29,21-14-8-3-9-15-21)27-22(19-10-4-1-5-11-19)18-26-17-16-25-24(26)23(27)20-12-6-2-7-13-20/h1-18,23H.